The molecule has 2 N–H and O–H groups in total. The van der Waals surface area contributed by atoms with Gasteiger partial charge in [0.15, 0.2) is 11.3 Å². The second-order valence-electron chi connectivity index (χ2n) is 3.98. The third kappa shape index (κ3) is 1.19. The number of thiocarbonyl (C=S) groups is 1. The van der Waals surface area contributed by atoms with E-state index >= 15 is 0 Å². The van der Waals surface area contributed by atoms with Crippen molar-refractivity contribution in [3.63, 3.8) is 0 Å². The van der Waals surface area contributed by atoms with Crippen LogP contribution in [0, 0.1) is 0 Å². The van der Waals surface area contributed by atoms with Gasteiger partial charge in [-0.05, 0) is 17.8 Å². The van der Waals surface area contributed by atoms with E-state index in [1.807, 2.05) is 24.3 Å². The quantitative estimate of drug-likeness (QED) is 0.653. The van der Waals surface area contributed by atoms with E-state index in [9.17, 15) is 9.90 Å². The zero-order chi connectivity index (χ0) is 11.3. The highest BCUT2D eigenvalue weighted by Gasteiger charge is 2.42. The molecule has 0 bridgehead atoms. The van der Waals surface area contributed by atoms with E-state index in [1.165, 1.54) is 0 Å². The molecule has 4 nitrogen and oxygen atoms in total. The molecular weight excluding hydrogens is 224 g/mol. The lowest BCUT2D eigenvalue weighted by Crippen LogP contribution is -2.49. The van der Waals surface area contributed by atoms with Crippen molar-refractivity contribution in [2.75, 3.05) is 0 Å². The molecule has 2 heterocycles. The van der Waals surface area contributed by atoms with Gasteiger partial charge in [-0.1, -0.05) is 24.3 Å². The second kappa shape index (κ2) is 3.26. The first-order valence-electron chi connectivity index (χ1n) is 5.07. The van der Waals surface area contributed by atoms with Gasteiger partial charge in [-0.25, -0.2) is 0 Å². The zero-order valence-electron chi connectivity index (χ0n) is 8.38. The van der Waals surface area contributed by atoms with Gasteiger partial charge in [-0.15, -0.1) is 0 Å². The first kappa shape index (κ1) is 9.74. The second-order valence-corrected chi connectivity index (χ2v) is 4.37. The van der Waals surface area contributed by atoms with Crippen LogP contribution >= 0.6 is 12.2 Å². The lowest BCUT2D eigenvalue weighted by molar-refractivity contribution is -0.123. The van der Waals surface area contributed by atoms with E-state index in [0.717, 1.165) is 11.1 Å². The molecule has 1 saturated heterocycles. The van der Waals surface area contributed by atoms with Crippen LogP contribution in [0.15, 0.2) is 24.3 Å². The fourth-order valence-corrected chi connectivity index (χ4v) is 2.73. The van der Waals surface area contributed by atoms with Gasteiger partial charge in [0.05, 0.1) is 12.5 Å². The number of amides is 1. The van der Waals surface area contributed by atoms with Crippen LogP contribution in [0.25, 0.3) is 0 Å². The topological polar surface area (TPSA) is 52.6 Å². The number of hydrogen-bond acceptors (Lipinski definition) is 3. The van der Waals surface area contributed by atoms with Gasteiger partial charge in [-0.2, -0.15) is 0 Å². The van der Waals surface area contributed by atoms with E-state index in [-0.39, 0.29) is 11.9 Å². The largest absolute Gasteiger partial charge is 0.369 e. The van der Waals surface area contributed by atoms with E-state index in [2.05, 4.69) is 5.32 Å². The van der Waals surface area contributed by atoms with E-state index in [1.54, 1.807) is 4.90 Å². The first-order valence-corrected chi connectivity index (χ1v) is 5.48. The highest BCUT2D eigenvalue weighted by atomic mass is 32.1. The molecule has 3 rings (SSSR count). The molecule has 2 aliphatic rings. The van der Waals surface area contributed by atoms with Gasteiger partial charge < -0.3 is 15.3 Å². The maximum atomic E-state index is 11.4. The van der Waals surface area contributed by atoms with Crippen LogP contribution in [0.3, 0.4) is 0 Å². The zero-order valence-corrected chi connectivity index (χ0v) is 9.20. The van der Waals surface area contributed by atoms with Crippen LogP contribution in [0.1, 0.15) is 29.8 Å². The van der Waals surface area contributed by atoms with Gasteiger partial charge in [0, 0.05) is 5.56 Å². The summed E-state index contributed by atoms with van der Waals surface area (Å²) in [5, 5.41) is 13.0. The van der Waals surface area contributed by atoms with E-state index in [0.29, 0.717) is 11.5 Å². The Morgan fingerprint density at radius 2 is 2.06 bits per heavy atom. The molecule has 1 aromatic rings. The van der Waals surface area contributed by atoms with E-state index < -0.39 is 6.23 Å². The minimum atomic E-state index is -0.741. The standard InChI is InChI=1S/C11H10N2O2S/c14-9-5-8-6-3-1-2-4-7(6)10(15)13(8)11(16)12-9/h1-4,8,10,15H,5H2,(H,12,14,16). The molecule has 0 aromatic heterocycles. The lowest BCUT2D eigenvalue weighted by Gasteiger charge is -2.34. The third-order valence-corrected chi connectivity index (χ3v) is 3.40. The third-order valence-electron chi connectivity index (χ3n) is 3.09. The molecule has 16 heavy (non-hydrogen) atoms. The molecule has 1 amide bonds. The molecule has 0 saturated carbocycles. The van der Waals surface area contributed by atoms with Crippen molar-refractivity contribution in [2.24, 2.45) is 0 Å². The summed E-state index contributed by atoms with van der Waals surface area (Å²) in [5.41, 5.74) is 1.83. The summed E-state index contributed by atoms with van der Waals surface area (Å²) in [6.07, 6.45) is -0.400. The number of aliphatic hydroxyl groups excluding tert-OH is 1. The number of nitrogens with one attached hydrogen (secondary N) is 1. The maximum absolute atomic E-state index is 11.4. The molecule has 82 valence electrons. The smallest absolute Gasteiger partial charge is 0.228 e. The van der Waals surface area contributed by atoms with Crippen molar-refractivity contribution in [1.29, 1.82) is 0 Å². The Morgan fingerprint density at radius 3 is 2.81 bits per heavy atom. The van der Waals surface area contributed by atoms with Crippen molar-refractivity contribution in [2.45, 2.75) is 18.7 Å². The normalized spacial score (nSPS) is 27.4. The number of rotatable bonds is 0. The molecular formula is C11H10N2O2S. The van der Waals surface area contributed by atoms with Crippen LogP contribution in [0.4, 0.5) is 0 Å². The van der Waals surface area contributed by atoms with Gasteiger partial charge in [0.1, 0.15) is 0 Å². The minimum absolute atomic E-state index is 0.0878. The summed E-state index contributed by atoms with van der Waals surface area (Å²) >= 11 is 5.08. The number of fused-ring (bicyclic) bond motifs is 3. The number of carbonyl (C=O) groups excluding carboxylic acids is 1. The molecule has 0 radical (unpaired) electrons. The fraction of sp³-hybridized carbons (Fsp3) is 0.273. The molecule has 0 aliphatic carbocycles. The van der Waals surface area contributed by atoms with Crippen molar-refractivity contribution >= 4 is 23.2 Å². The average Bonchev–Trinajstić information content (AvgIpc) is 2.54. The Labute approximate surface area is 97.9 Å². The SMILES string of the molecule is O=C1CC2c3ccccc3C(O)N2C(=S)N1. The summed E-state index contributed by atoms with van der Waals surface area (Å²) in [6, 6.07) is 7.46. The molecule has 1 aromatic carbocycles. The Hall–Kier alpha value is -1.46. The lowest BCUT2D eigenvalue weighted by atomic mass is 10.0. The number of aliphatic hydroxyl groups is 1. The van der Waals surface area contributed by atoms with Crippen LogP contribution in [0.2, 0.25) is 0 Å². The number of benzene rings is 1. The Kier molecular flexibility index (Phi) is 1.99. The Balaban J connectivity index is 2.11. The number of nitrogens with zero attached hydrogens (tertiary/aromatic N) is 1. The van der Waals surface area contributed by atoms with Crippen molar-refractivity contribution in [3.8, 4) is 0 Å². The van der Waals surface area contributed by atoms with Crippen molar-refractivity contribution in [3.05, 3.63) is 35.4 Å². The molecule has 1 fully saturated rings. The summed E-state index contributed by atoms with van der Waals surface area (Å²) in [7, 11) is 0. The number of hydrogen-bond donors (Lipinski definition) is 2. The first-order chi connectivity index (χ1) is 7.68. The van der Waals surface area contributed by atoms with Crippen LogP contribution < -0.4 is 5.32 Å². The summed E-state index contributed by atoms with van der Waals surface area (Å²) in [4.78, 5) is 13.1. The van der Waals surface area contributed by atoms with Gasteiger partial charge >= 0.3 is 0 Å². The Bertz CT molecular complexity index is 489. The summed E-state index contributed by atoms with van der Waals surface area (Å²) < 4.78 is 0. The maximum Gasteiger partial charge on any atom is 0.228 e. The van der Waals surface area contributed by atoms with Crippen molar-refractivity contribution in [1.82, 2.24) is 10.2 Å². The van der Waals surface area contributed by atoms with Crippen LogP contribution in [-0.4, -0.2) is 21.0 Å². The van der Waals surface area contributed by atoms with Gasteiger partial charge in [-0.3, -0.25) is 4.79 Å². The highest BCUT2D eigenvalue weighted by Crippen LogP contribution is 2.43. The summed E-state index contributed by atoms with van der Waals surface area (Å²) in [6.45, 7) is 0. The molecule has 2 aliphatic heterocycles. The predicted octanol–water partition coefficient (Wildman–Crippen LogP) is 0.839. The molecule has 0 spiro atoms. The Morgan fingerprint density at radius 1 is 1.38 bits per heavy atom. The monoisotopic (exact) mass is 234 g/mol. The van der Waals surface area contributed by atoms with Crippen molar-refractivity contribution < 1.29 is 9.90 Å². The molecule has 2 atom stereocenters. The summed E-state index contributed by atoms with van der Waals surface area (Å²) in [5.74, 6) is -0.0878. The predicted molar refractivity (Wildman–Crippen MR) is 61.3 cm³/mol. The van der Waals surface area contributed by atoms with Crippen LogP contribution in [-0.2, 0) is 4.79 Å². The minimum Gasteiger partial charge on any atom is -0.369 e. The fourth-order valence-electron chi connectivity index (χ4n) is 2.39. The molecule has 5 heteroatoms. The highest BCUT2D eigenvalue weighted by molar-refractivity contribution is 7.80. The van der Waals surface area contributed by atoms with Crippen LogP contribution in [0.5, 0.6) is 0 Å². The number of carbonyl (C=O) groups is 1. The van der Waals surface area contributed by atoms with E-state index in [4.69, 9.17) is 12.2 Å². The molecule has 2 unspecified atom stereocenters. The average molecular weight is 234 g/mol. The van der Waals surface area contributed by atoms with Gasteiger partial charge in [0.25, 0.3) is 0 Å². The van der Waals surface area contributed by atoms with Gasteiger partial charge in [0.2, 0.25) is 5.91 Å².